The summed E-state index contributed by atoms with van der Waals surface area (Å²) in [4.78, 5) is 63.1. The molecule has 1 fully saturated rings. The van der Waals surface area contributed by atoms with E-state index in [4.69, 9.17) is 15.9 Å². The molecule has 1 N–H and O–H groups in total. The predicted molar refractivity (Wildman–Crippen MR) is 147 cm³/mol. The standard InChI is InChI=1S/C29H35N5O6/c1-6-21-19-23(31-25(30-21)20-11-9-8-10-12-20)26(36)32-22(13-14-24(35)40-29(3,4)5)27(37)33-15-17-34(18-16-33)28(38)39-7-2/h1,8-12,19,22H,7,13-18H2,2-5H3,(H,32,36)/t22-/m0/s1. The monoisotopic (exact) mass is 549 g/mol. The first-order valence-corrected chi connectivity index (χ1v) is 13.1. The van der Waals surface area contributed by atoms with Gasteiger partial charge in [0.25, 0.3) is 5.91 Å². The van der Waals surface area contributed by atoms with Gasteiger partial charge in [-0.2, -0.15) is 0 Å². The number of amides is 3. The van der Waals surface area contributed by atoms with E-state index in [0.29, 0.717) is 5.56 Å². The summed E-state index contributed by atoms with van der Waals surface area (Å²) in [5.41, 5.74) is 0.185. The second kappa shape index (κ2) is 13.6. The number of ether oxygens (including phenoxy) is 2. The van der Waals surface area contributed by atoms with E-state index in [0.717, 1.165) is 0 Å². The zero-order valence-electron chi connectivity index (χ0n) is 23.3. The molecule has 1 aliphatic heterocycles. The van der Waals surface area contributed by atoms with Gasteiger partial charge in [-0.3, -0.25) is 14.4 Å². The molecule has 0 unspecified atom stereocenters. The zero-order valence-corrected chi connectivity index (χ0v) is 23.3. The van der Waals surface area contributed by atoms with Gasteiger partial charge in [-0.1, -0.05) is 36.3 Å². The topological polar surface area (TPSA) is 131 Å². The number of carbonyl (C=O) groups is 4. The van der Waals surface area contributed by atoms with Crippen LogP contribution in [-0.4, -0.2) is 88.1 Å². The third-order valence-electron chi connectivity index (χ3n) is 5.92. The van der Waals surface area contributed by atoms with Crippen molar-refractivity contribution in [1.82, 2.24) is 25.1 Å². The fourth-order valence-electron chi connectivity index (χ4n) is 4.04. The van der Waals surface area contributed by atoms with Crippen LogP contribution >= 0.6 is 0 Å². The van der Waals surface area contributed by atoms with Crippen molar-refractivity contribution in [3.05, 3.63) is 47.8 Å². The van der Waals surface area contributed by atoms with Crippen molar-refractivity contribution in [1.29, 1.82) is 0 Å². The number of hydrogen-bond acceptors (Lipinski definition) is 8. The Bertz CT molecular complexity index is 1260. The van der Waals surface area contributed by atoms with Crippen LogP contribution in [0.25, 0.3) is 11.4 Å². The van der Waals surface area contributed by atoms with Crippen molar-refractivity contribution < 1.29 is 28.7 Å². The molecule has 0 saturated carbocycles. The van der Waals surface area contributed by atoms with Gasteiger partial charge in [-0.05, 0) is 34.1 Å². The third kappa shape index (κ3) is 8.53. The van der Waals surface area contributed by atoms with Gasteiger partial charge in [-0.15, -0.1) is 6.42 Å². The molecule has 1 aromatic carbocycles. The Hall–Kier alpha value is -4.46. The van der Waals surface area contributed by atoms with Gasteiger partial charge >= 0.3 is 12.1 Å². The maximum Gasteiger partial charge on any atom is 0.409 e. The average molecular weight is 550 g/mol. The Morgan fingerprint density at radius 1 is 1.05 bits per heavy atom. The number of aromatic nitrogens is 2. The molecular weight excluding hydrogens is 514 g/mol. The van der Waals surface area contributed by atoms with E-state index >= 15 is 0 Å². The van der Waals surface area contributed by atoms with E-state index in [9.17, 15) is 19.2 Å². The highest BCUT2D eigenvalue weighted by molar-refractivity contribution is 5.96. The molecule has 3 amide bonds. The number of rotatable bonds is 8. The van der Waals surface area contributed by atoms with Crippen molar-refractivity contribution in [3.63, 3.8) is 0 Å². The molecule has 0 radical (unpaired) electrons. The summed E-state index contributed by atoms with van der Waals surface area (Å²) >= 11 is 0. The van der Waals surface area contributed by atoms with Crippen LogP contribution in [0.4, 0.5) is 4.79 Å². The fourth-order valence-corrected chi connectivity index (χ4v) is 4.04. The molecule has 3 rings (SSSR count). The molecule has 2 aromatic rings. The molecule has 1 aliphatic rings. The van der Waals surface area contributed by atoms with Crippen LogP contribution in [0.15, 0.2) is 36.4 Å². The molecule has 11 heteroatoms. The Kier molecular flexibility index (Phi) is 10.2. The lowest BCUT2D eigenvalue weighted by Gasteiger charge is -2.36. The Balaban J connectivity index is 1.79. The summed E-state index contributed by atoms with van der Waals surface area (Å²) < 4.78 is 10.4. The third-order valence-corrected chi connectivity index (χ3v) is 5.92. The molecule has 1 saturated heterocycles. The zero-order chi connectivity index (χ0) is 29.3. The van der Waals surface area contributed by atoms with Gasteiger partial charge in [-0.25, -0.2) is 14.8 Å². The van der Waals surface area contributed by atoms with Gasteiger partial charge in [0.1, 0.15) is 23.0 Å². The van der Waals surface area contributed by atoms with Crippen LogP contribution in [0.5, 0.6) is 0 Å². The van der Waals surface area contributed by atoms with Crippen LogP contribution in [0.1, 0.15) is 56.7 Å². The van der Waals surface area contributed by atoms with Gasteiger partial charge in [0.05, 0.1) is 6.61 Å². The highest BCUT2D eigenvalue weighted by Gasteiger charge is 2.32. The molecule has 40 heavy (non-hydrogen) atoms. The summed E-state index contributed by atoms with van der Waals surface area (Å²) in [5.74, 6) is 1.20. The van der Waals surface area contributed by atoms with Gasteiger partial charge in [0.15, 0.2) is 5.82 Å². The smallest absolute Gasteiger partial charge is 0.409 e. The van der Waals surface area contributed by atoms with E-state index in [1.54, 1.807) is 44.7 Å². The van der Waals surface area contributed by atoms with E-state index in [2.05, 4.69) is 21.2 Å². The summed E-state index contributed by atoms with van der Waals surface area (Å²) in [6, 6.07) is 9.38. The quantitative estimate of drug-likeness (QED) is 0.393. The minimum absolute atomic E-state index is 0.0101. The predicted octanol–water partition coefficient (Wildman–Crippen LogP) is 2.65. The Labute approximate surface area is 234 Å². The van der Waals surface area contributed by atoms with Crippen molar-refractivity contribution >= 4 is 23.9 Å². The molecule has 2 heterocycles. The molecule has 0 spiro atoms. The highest BCUT2D eigenvalue weighted by Crippen LogP contribution is 2.17. The van der Waals surface area contributed by atoms with Crippen molar-refractivity contribution in [3.8, 4) is 23.7 Å². The molecule has 0 aliphatic carbocycles. The number of benzene rings is 1. The van der Waals surface area contributed by atoms with Gasteiger partial charge in [0.2, 0.25) is 5.91 Å². The number of terminal acetylenes is 1. The van der Waals surface area contributed by atoms with E-state index in [1.165, 1.54) is 11.0 Å². The Morgan fingerprint density at radius 2 is 1.70 bits per heavy atom. The van der Waals surface area contributed by atoms with Crippen LogP contribution in [0.2, 0.25) is 0 Å². The first-order chi connectivity index (χ1) is 19.0. The fraction of sp³-hybridized carbons (Fsp3) is 0.448. The van der Waals surface area contributed by atoms with Crippen LogP contribution in [0, 0.1) is 12.3 Å². The summed E-state index contributed by atoms with van der Waals surface area (Å²) in [5, 5.41) is 2.73. The molecule has 212 valence electrons. The lowest BCUT2D eigenvalue weighted by Crippen LogP contribution is -2.56. The second-order valence-corrected chi connectivity index (χ2v) is 10.1. The number of nitrogens with one attached hydrogen (secondary N) is 1. The number of hydrogen-bond donors (Lipinski definition) is 1. The number of piperazine rings is 1. The first kappa shape index (κ1) is 30.1. The molecular formula is C29H35N5O6. The number of carbonyl (C=O) groups excluding carboxylic acids is 4. The molecule has 1 aromatic heterocycles. The normalized spacial score (nSPS) is 14.1. The van der Waals surface area contributed by atoms with Crippen LogP contribution in [0.3, 0.4) is 0 Å². The van der Waals surface area contributed by atoms with E-state index in [1.807, 2.05) is 18.2 Å². The first-order valence-electron chi connectivity index (χ1n) is 13.1. The number of esters is 1. The minimum atomic E-state index is -1.04. The maximum atomic E-state index is 13.5. The van der Waals surface area contributed by atoms with E-state index in [-0.39, 0.29) is 68.7 Å². The molecule has 1 atom stereocenters. The van der Waals surface area contributed by atoms with Crippen molar-refractivity contribution in [2.24, 2.45) is 0 Å². The van der Waals surface area contributed by atoms with Crippen LogP contribution < -0.4 is 5.32 Å². The van der Waals surface area contributed by atoms with Crippen LogP contribution in [-0.2, 0) is 19.1 Å². The highest BCUT2D eigenvalue weighted by atomic mass is 16.6. The van der Waals surface area contributed by atoms with Gasteiger partial charge in [0, 0.05) is 44.2 Å². The molecule has 0 bridgehead atoms. The summed E-state index contributed by atoms with van der Waals surface area (Å²) in [6.45, 7) is 8.31. The van der Waals surface area contributed by atoms with Crippen molar-refractivity contribution in [2.45, 2.75) is 52.2 Å². The molecule has 11 nitrogen and oxygen atoms in total. The Morgan fingerprint density at radius 3 is 2.30 bits per heavy atom. The second-order valence-electron chi connectivity index (χ2n) is 10.1. The van der Waals surface area contributed by atoms with Gasteiger partial charge < -0.3 is 24.6 Å². The lowest BCUT2D eigenvalue weighted by atomic mass is 10.1. The maximum absolute atomic E-state index is 13.5. The summed E-state index contributed by atoms with van der Waals surface area (Å²) in [7, 11) is 0. The summed E-state index contributed by atoms with van der Waals surface area (Å²) in [6.07, 6.45) is 5.05. The number of nitrogens with zero attached hydrogens (tertiary/aromatic N) is 4. The minimum Gasteiger partial charge on any atom is -0.460 e. The average Bonchev–Trinajstić information content (AvgIpc) is 2.94. The lowest BCUT2D eigenvalue weighted by molar-refractivity contribution is -0.155. The van der Waals surface area contributed by atoms with E-state index < -0.39 is 29.6 Å². The largest absolute Gasteiger partial charge is 0.460 e. The van der Waals surface area contributed by atoms with Crippen molar-refractivity contribution in [2.75, 3.05) is 32.8 Å². The SMILES string of the molecule is C#Cc1cc(C(=O)N[C@@H](CCC(=O)OC(C)(C)C)C(=O)N2CCN(C(=O)OCC)CC2)nc(-c2ccccc2)n1.